The number of carbonyl (C=O) groups is 1. The fourth-order valence-corrected chi connectivity index (χ4v) is 2.71. The molecule has 0 N–H and O–H groups in total. The van der Waals surface area contributed by atoms with E-state index in [1.165, 1.54) is 0 Å². The minimum Gasteiger partial charge on any atom is -0.350 e. The summed E-state index contributed by atoms with van der Waals surface area (Å²) in [6.07, 6.45) is 0.571. The van der Waals surface area contributed by atoms with Gasteiger partial charge in [0.2, 0.25) is 0 Å². The van der Waals surface area contributed by atoms with Crippen LogP contribution in [0.4, 0.5) is 0 Å². The minimum atomic E-state index is -0.677. The maximum absolute atomic E-state index is 10.8. The number of hydrogen-bond acceptors (Lipinski definition) is 5. The molecular weight excluding hydrogens is 248 g/mol. The van der Waals surface area contributed by atoms with Crippen LogP contribution in [-0.4, -0.2) is 42.8 Å². The van der Waals surface area contributed by atoms with Gasteiger partial charge in [-0.05, 0) is 27.7 Å². The molecule has 0 aromatic rings. The highest BCUT2D eigenvalue weighted by atomic mass is 16.8. The summed E-state index contributed by atoms with van der Waals surface area (Å²) in [7, 11) is 0. The van der Waals surface area contributed by atoms with Crippen molar-refractivity contribution in [2.45, 2.75) is 70.9 Å². The molecule has 19 heavy (non-hydrogen) atoms. The molecule has 4 atom stereocenters. The average molecular weight is 272 g/mol. The average Bonchev–Trinajstić information content (AvgIpc) is 2.58. The molecule has 2 fully saturated rings. The van der Waals surface area contributed by atoms with Crippen molar-refractivity contribution < 1.29 is 23.7 Å². The van der Waals surface area contributed by atoms with Crippen molar-refractivity contribution in [3.05, 3.63) is 0 Å². The van der Waals surface area contributed by atoms with Crippen molar-refractivity contribution in [3.63, 3.8) is 0 Å². The number of hydrogen-bond donors (Lipinski definition) is 0. The Morgan fingerprint density at radius 1 is 1.05 bits per heavy atom. The van der Waals surface area contributed by atoms with Gasteiger partial charge in [0, 0.05) is 12.3 Å². The maximum Gasteiger partial charge on any atom is 0.163 e. The Labute approximate surface area is 114 Å². The van der Waals surface area contributed by atoms with Crippen molar-refractivity contribution in [1.29, 1.82) is 0 Å². The summed E-state index contributed by atoms with van der Waals surface area (Å²) < 4.78 is 23.4. The zero-order chi connectivity index (χ0) is 14.3. The lowest BCUT2D eigenvalue weighted by molar-refractivity contribution is -0.310. The predicted octanol–water partition coefficient (Wildman–Crippen LogP) is 1.88. The van der Waals surface area contributed by atoms with E-state index in [1.54, 1.807) is 0 Å². The van der Waals surface area contributed by atoms with Gasteiger partial charge in [-0.15, -0.1) is 0 Å². The van der Waals surface area contributed by atoms with E-state index >= 15 is 0 Å². The van der Waals surface area contributed by atoms with Crippen LogP contribution < -0.4 is 0 Å². The van der Waals surface area contributed by atoms with E-state index in [-0.39, 0.29) is 24.2 Å². The molecule has 2 rings (SSSR count). The van der Waals surface area contributed by atoms with E-state index in [4.69, 9.17) is 18.9 Å². The fraction of sp³-hybridized carbons (Fsp3) is 0.929. The van der Waals surface area contributed by atoms with E-state index in [2.05, 4.69) is 6.92 Å². The quantitative estimate of drug-likeness (QED) is 0.734. The minimum absolute atomic E-state index is 0.129. The van der Waals surface area contributed by atoms with Crippen molar-refractivity contribution in [2.24, 2.45) is 5.92 Å². The molecule has 110 valence electrons. The van der Waals surface area contributed by atoms with Crippen LogP contribution in [0.3, 0.4) is 0 Å². The standard InChI is InChI=1S/C14H24O5/c1-9-8-16-13(2,3)18-11(9)12-10(6-7-15)17-14(4,5)19-12/h7,9-12H,6,8H2,1-5H3/t9?,10?,11-,12-/m1/s1. The lowest BCUT2D eigenvalue weighted by Crippen LogP contribution is -2.52. The zero-order valence-corrected chi connectivity index (χ0v) is 12.3. The predicted molar refractivity (Wildman–Crippen MR) is 68.6 cm³/mol. The van der Waals surface area contributed by atoms with Gasteiger partial charge < -0.3 is 23.7 Å². The van der Waals surface area contributed by atoms with Crippen LogP contribution in [0.1, 0.15) is 41.0 Å². The van der Waals surface area contributed by atoms with Gasteiger partial charge in [-0.1, -0.05) is 6.92 Å². The second kappa shape index (κ2) is 5.13. The summed E-state index contributed by atoms with van der Waals surface area (Å²) in [6.45, 7) is 10.2. The van der Waals surface area contributed by atoms with Gasteiger partial charge in [0.15, 0.2) is 11.6 Å². The molecule has 0 aliphatic carbocycles. The van der Waals surface area contributed by atoms with Gasteiger partial charge in [-0.2, -0.15) is 0 Å². The first-order valence-electron chi connectivity index (χ1n) is 6.85. The molecule has 0 radical (unpaired) electrons. The van der Waals surface area contributed by atoms with Crippen LogP contribution in [0.15, 0.2) is 0 Å². The number of carbonyl (C=O) groups excluding carboxylic acids is 1. The van der Waals surface area contributed by atoms with Crippen molar-refractivity contribution in [3.8, 4) is 0 Å². The molecule has 0 aromatic heterocycles. The third-order valence-corrected chi connectivity index (χ3v) is 3.55. The van der Waals surface area contributed by atoms with E-state index < -0.39 is 11.6 Å². The fourth-order valence-electron chi connectivity index (χ4n) is 2.71. The first-order valence-corrected chi connectivity index (χ1v) is 6.85. The monoisotopic (exact) mass is 272 g/mol. The third kappa shape index (κ3) is 3.34. The Balaban J connectivity index is 2.15. The van der Waals surface area contributed by atoms with Gasteiger partial charge >= 0.3 is 0 Å². The van der Waals surface area contributed by atoms with Gasteiger partial charge in [-0.25, -0.2) is 0 Å². The molecule has 2 unspecified atom stereocenters. The Kier molecular flexibility index (Phi) is 4.02. The summed E-state index contributed by atoms with van der Waals surface area (Å²) >= 11 is 0. The maximum atomic E-state index is 10.8. The van der Waals surface area contributed by atoms with Gasteiger partial charge in [-0.3, -0.25) is 0 Å². The molecule has 0 spiro atoms. The van der Waals surface area contributed by atoms with Crippen LogP contribution in [0.2, 0.25) is 0 Å². The Morgan fingerprint density at radius 3 is 2.32 bits per heavy atom. The molecule has 5 heteroatoms. The summed E-state index contributed by atoms with van der Waals surface area (Å²) in [5, 5.41) is 0. The van der Waals surface area contributed by atoms with Crippen molar-refractivity contribution in [1.82, 2.24) is 0 Å². The highest BCUT2D eigenvalue weighted by Crippen LogP contribution is 2.38. The Morgan fingerprint density at radius 2 is 1.68 bits per heavy atom. The first-order chi connectivity index (χ1) is 8.74. The molecule has 2 aliphatic heterocycles. The summed E-state index contributed by atoms with van der Waals surface area (Å²) in [6, 6.07) is 0. The number of ether oxygens (including phenoxy) is 4. The van der Waals surface area contributed by atoms with Crippen LogP contribution >= 0.6 is 0 Å². The molecule has 0 amide bonds. The van der Waals surface area contributed by atoms with Gasteiger partial charge in [0.05, 0.1) is 18.8 Å². The number of rotatable bonds is 3. The van der Waals surface area contributed by atoms with Gasteiger partial charge in [0.1, 0.15) is 12.4 Å². The number of aldehydes is 1. The topological polar surface area (TPSA) is 54.0 Å². The molecule has 0 bridgehead atoms. The zero-order valence-electron chi connectivity index (χ0n) is 12.3. The van der Waals surface area contributed by atoms with E-state index in [1.807, 2.05) is 27.7 Å². The lowest BCUT2D eigenvalue weighted by atomic mass is 9.94. The van der Waals surface area contributed by atoms with Crippen molar-refractivity contribution in [2.75, 3.05) is 6.61 Å². The molecular formula is C14H24O5. The van der Waals surface area contributed by atoms with Crippen LogP contribution in [0.5, 0.6) is 0 Å². The molecule has 0 saturated carbocycles. The lowest BCUT2D eigenvalue weighted by Gasteiger charge is -2.42. The first kappa shape index (κ1) is 14.9. The Hall–Kier alpha value is -0.490. The van der Waals surface area contributed by atoms with Crippen LogP contribution in [0.25, 0.3) is 0 Å². The smallest absolute Gasteiger partial charge is 0.163 e. The van der Waals surface area contributed by atoms with Crippen LogP contribution in [0, 0.1) is 5.92 Å². The second-order valence-electron chi connectivity index (χ2n) is 6.31. The largest absolute Gasteiger partial charge is 0.350 e. The highest BCUT2D eigenvalue weighted by molar-refractivity contribution is 5.50. The summed E-state index contributed by atoms with van der Waals surface area (Å²) in [5.74, 6) is -1.10. The Bertz CT molecular complexity index is 339. The summed E-state index contributed by atoms with van der Waals surface area (Å²) in [4.78, 5) is 10.8. The molecule has 2 aliphatic rings. The normalized spacial score (nSPS) is 41.1. The van der Waals surface area contributed by atoms with Gasteiger partial charge in [0.25, 0.3) is 0 Å². The van der Waals surface area contributed by atoms with E-state index in [0.29, 0.717) is 13.0 Å². The molecule has 5 nitrogen and oxygen atoms in total. The third-order valence-electron chi connectivity index (χ3n) is 3.55. The SMILES string of the molecule is CC1COC(C)(C)O[C@H]1[C@@H]1OC(C)(C)OC1CC=O. The summed E-state index contributed by atoms with van der Waals surface area (Å²) in [5.41, 5.74) is 0. The second-order valence-corrected chi connectivity index (χ2v) is 6.31. The van der Waals surface area contributed by atoms with E-state index in [0.717, 1.165) is 6.29 Å². The molecule has 2 saturated heterocycles. The molecule has 0 aromatic carbocycles. The highest BCUT2D eigenvalue weighted by Gasteiger charge is 2.49. The molecule has 2 heterocycles. The van der Waals surface area contributed by atoms with Crippen molar-refractivity contribution >= 4 is 6.29 Å². The van der Waals surface area contributed by atoms with E-state index in [9.17, 15) is 4.79 Å². The van der Waals surface area contributed by atoms with Crippen LogP contribution in [-0.2, 0) is 23.7 Å².